The van der Waals surface area contributed by atoms with Crippen LogP contribution in [0, 0.1) is 0 Å². The van der Waals surface area contributed by atoms with Gasteiger partial charge in [-0.3, -0.25) is 0 Å². The molecule has 0 fully saturated rings. The number of rotatable bonds is 3. The molecular weight excluding hydrogens is 435 g/mol. The zero-order valence-electron chi connectivity index (χ0n) is 20.2. The number of amidine groups is 1. The molecule has 1 aliphatic rings. The van der Waals surface area contributed by atoms with E-state index in [0.717, 1.165) is 5.84 Å². The normalized spacial score (nSPS) is 17.8. The monoisotopic (exact) mass is 474 g/mol. The Kier molecular flexibility index (Phi) is 6.84. The van der Waals surface area contributed by atoms with E-state index in [1.54, 1.807) is 0 Å². The number of benzene rings is 1. The Bertz CT molecular complexity index is 869. The SMILES string of the molecule is CC1=C(C)C(C)([Si](=[Se])N(C(=NC(C)(C)C)c2ccccc2)C(C)(C)C)C(C)=C1C. The van der Waals surface area contributed by atoms with Crippen LogP contribution in [-0.4, -0.2) is 43.5 Å². The minimum atomic E-state index is -1.18. The zero-order chi connectivity index (χ0) is 22.4. The van der Waals surface area contributed by atoms with Crippen LogP contribution in [0.15, 0.2) is 57.6 Å². The first-order chi connectivity index (χ1) is 13.1. The van der Waals surface area contributed by atoms with Crippen molar-refractivity contribution in [3.05, 3.63) is 58.2 Å². The minimum absolute atomic E-state index is 0.0273. The van der Waals surface area contributed by atoms with E-state index in [0.29, 0.717) is 0 Å². The Balaban J connectivity index is 2.77. The molecule has 0 unspecified atom stereocenters. The molecule has 2 nitrogen and oxygen atoms in total. The molecule has 0 saturated heterocycles. The van der Waals surface area contributed by atoms with Crippen molar-refractivity contribution >= 4 is 27.8 Å². The van der Waals surface area contributed by atoms with E-state index in [1.807, 2.05) is 0 Å². The number of hydrogen-bond acceptors (Lipinski definition) is 1. The summed E-state index contributed by atoms with van der Waals surface area (Å²) in [6.45, 7) is 25.1. The molecule has 1 aromatic carbocycles. The predicted octanol–water partition coefficient (Wildman–Crippen LogP) is 6.44. The maximum absolute atomic E-state index is 5.27. The van der Waals surface area contributed by atoms with Crippen molar-refractivity contribution in [2.75, 3.05) is 0 Å². The Labute approximate surface area is 187 Å². The summed E-state index contributed by atoms with van der Waals surface area (Å²) in [7, 11) is -1.18. The quantitative estimate of drug-likeness (QED) is 0.280. The van der Waals surface area contributed by atoms with Crippen molar-refractivity contribution in [2.24, 2.45) is 4.99 Å². The number of hydrogen-bond donors (Lipinski definition) is 0. The van der Waals surface area contributed by atoms with E-state index in [9.17, 15) is 0 Å². The predicted molar refractivity (Wildman–Crippen MR) is 131 cm³/mol. The van der Waals surface area contributed by atoms with E-state index in [4.69, 9.17) is 4.99 Å². The Hall–Kier alpha value is -1.09. The molecule has 0 N–H and O–H groups in total. The van der Waals surface area contributed by atoms with Crippen molar-refractivity contribution < 1.29 is 0 Å². The van der Waals surface area contributed by atoms with Gasteiger partial charge < -0.3 is 0 Å². The third-order valence-corrected chi connectivity index (χ3v) is 12.8. The van der Waals surface area contributed by atoms with Crippen LogP contribution in [0.5, 0.6) is 0 Å². The van der Waals surface area contributed by atoms with Gasteiger partial charge in [-0.25, -0.2) is 0 Å². The fourth-order valence-electron chi connectivity index (χ4n) is 4.01. The standard InChI is InChI=1S/C25H38N2SeSi/c1-17-18(2)20(4)25(11,19(17)3)29(28)27(24(8,9)10)22(26-23(5,6)7)21-15-13-12-14-16-21/h12-16H,1-11H3. The summed E-state index contributed by atoms with van der Waals surface area (Å²) < 4.78 is 2.61. The summed E-state index contributed by atoms with van der Waals surface area (Å²) in [6, 6.07) is 10.7. The Morgan fingerprint density at radius 3 is 1.72 bits per heavy atom. The maximum atomic E-state index is 5.27. The fraction of sp³-hybridized carbons (Fsp3) is 0.560. The van der Waals surface area contributed by atoms with E-state index < -0.39 is 7.10 Å². The van der Waals surface area contributed by atoms with E-state index >= 15 is 0 Å². The molecule has 0 spiro atoms. The average molecular weight is 474 g/mol. The van der Waals surface area contributed by atoms with Crippen molar-refractivity contribution in [2.45, 2.75) is 92.3 Å². The molecule has 0 amide bonds. The summed E-state index contributed by atoms with van der Waals surface area (Å²) in [5, 5.41) is 0.0273. The fourth-order valence-corrected chi connectivity index (χ4v) is 10.6. The van der Waals surface area contributed by atoms with E-state index in [2.05, 4.69) is 126 Å². The molecular formula is C25H38N2SeSi. The topological polar surface area (TPSA) is 15.6 Å². The van der Waals surface area contributed by atoms with Gasteiger partial charge in [0.05, 0.1) is 0 Å². The van der Waals surface area contributed by atoms with Gasteiger partial charge in [-0.1, -0.05) is 0 Å². The van der Waals surface area contributed by atoms with Crippen molar-refractivity contribution in [3.63, 3.8) is 0 Å². The van der Waals surface area contributed by atoms with Gasteiger partial charge in [-0.15, -0.1) is 0 Å². The summed E-state index contributed by atoms with van der Waals surface area (Å²) in [6.07, 6.45) is 0. The molecule has 1 aromatic rings. The van der Waals surface area contributed by atoms with Crippen LogP contribution in [0.4, 0.5) is 0 Å². The third kappa shape index (κ3) is 4.65. The van der Waals surface area contributed by atoms with Crippen LogP contribution in [0.3, 0.4) is 0 Å². The molecule has 1 aliphatic carbocycles. The van der Waals surface area contributed by atoms with Gasteiger partial charge in [0.1, 0.15) is 0 Å². The Morgan fingerprint density at radius 2 is 1.34 bits per heavy atom. The molecule has 0 saturated carbocycles. The van der Waals surface area contributed by atoms with Crippen molar-refractivity contribution in [3.8, 4) is 0 Å². The Morgan fingerprint density at radius 1 is 0.897 bits per heavy atom. The van der Waals surface area contributed by atoms with E-state index in [-0.39, 0.29) is 16.1 Å². The van der Waals surface area contributed by atoms with Crippen molar-refractivity contribution in [1.82, 2.24) is 4.57 Å². The van der Waals surface area contributed by atoms with Crippen LogP contribution in [0.25, 0.3) is 0 Å². The molecule has 0 atom stereocenters. The second-order valence-electron chi connectivity index (χ2n) is 10.4. The first-order valence-corrected chi connectivity index (χ1v) is 14.4. The second-order valence-corrected chi connectivity index (χ2v) is 14.9. The van der Waals surface area contributed by atoms with Gasteiger partial charge in [0.15, 0.2) is 0 Å². The number of nitrogens with zero attached hydrogens (tertiary/aromatic N) is 2. The zero-order valence-corrected chi connectivity index (χ0v) is 22.9. The molecule has 0 heterocycles. The molecule has 0 radical (unpaired) electrons. The second kappa shape index (κ2) is 8.21. The van der Waals surface area contributed by atoms with Crippen LogP contribution in [0.1, 0.15) is 81.7 Å². The van der Waals surface area contributed by atoms with Gasteiger partial charge in [-0.05, 0) is 0 Å². The third-order valence-electron chi connectivity index (χ3n) is 6.17. The first kappa shape index (κ1) is 24.2. The summed E-state index contributed by atoms with van der Waals surface area (Å²) in [4.78, 5) is 5.27. The van der Waals surface area contributed by atoms with Gasteiger partial charge >= 0.3 is 188 Å². The summed E-state index contributed by atoms with van der Waals surface area (Å²) >= 11 is 3.68. The molecule has 4 heteroatoms. The van der Waals surface area contributed by atoms with Gasteiger partial charge in [0.2, 0.25) is 0 Å². The average Bonchev–Trinajstić information content (AvgIpc) is 2.76. The summed E-state index contributed by atoms with van der Waals surface area (Å²) in [5.41, 5.74) is 6.86. The molecule has 2 rings (SSSR count). The first-order valence-electron chi connectivity index (χ1n) is 10.5. The summed E-state index contributed by atoms with van der Waals surface area (Å²) in [5.74, 6) is 1.10. The molecule has 0 aromatic heterocycles. The van der Waals surface area contributed by atoms with Crippen LogP contribution < -0.4 is 0 Å². The van der Waals surface area contributed by atoms with E-state index in [1.165, 1.54) is 27.9 Å². The molecule has 158 valence electrons. The molecule has 0 bridgehead atoms. The van der Waals surface area contributed by atoms with Gasteiger partial charge in [0.25, 0.3) is 0 Å². The van der Waals surface area contributed by atoms with Crippen molar-refractivity contribution in [1.29, 1.82) is 0 Å². The molecule has 29 heavy (non-hydrogen) atoms. The van der Waals surface area contributed by atoms with Crippen LogP contribution >= 0.6 is 0 Å². The number of aliphatic imine (C=N–C) groups is 1. The van der Waals surface area contributed by atoms with Crippen LogP contribution in [0.2, 0.25) is 5.04 Å². The molecule has 0 aliphatic heterocycles. The van der Waals surface area contributed by atoms with Gasteiger partial charge in [-0.2, -0.15) is 0 Å². The number of allylic oxidation sites excluding steroid dienone is 4. The van der Waals surface area contributed by atoms with Gasteiger partial charge in [0, 0.05) is 0 Å². The van der Waals surface area contributed by atoms with Crippen LogP contribution in [-0.2, 0) is 0 Å².